The van der Waals surface area contributed by atoms with Gasteiger partial charge in [-0.2, -0.15) is 0 Å². The number of methoxy groups -OCH3 is 1. The van der Waals surface area contributed by atoms with Gasteiger partial charge in [0.25, 0.3) is 0 Å². The Labute approximate surface area is 195 Å². The molecule has 0 spiro atoms. The SMILES string of the molecule is COc1cc(CNCCCc2nc3ccccc3[nH]2)c(Br)cc1OCc1ccccc1F. The molecule has 32 heavy (non-hydrogen) atoms. The number of imidazole rings is 1. The minimum atomic E-state index is -0.283. The Morgan fingerprint density at radius 2 is 1.84 bits per heavy atom. The van der Waals surface area contributed by atoms with Crippen molar-refractivity contribution >= 4 is 27.0 Å². The predicted molar refractivity (Wildman–Crippen MR) is 128 cm³/mol. The van der Waals surface area contributed by atoms with Gasteiger partial charge < -0.3 is 19.8 Å². The second kappa shape index (κ2) is 10.6. The van der Waals surface area contributed by atoms with Crippen molar-refractivity contribution in [3.63, 3.8) is 0 Å². The molecule has 0 aliphatic rings. The molecule has 1 heterocycles. The lowest BCUT2D eigenvalue weighted by Crippen LogP contribution is -2.16. The summed E-state index contributed by atoms with van der Waals surface area (Å²) in [6, 6.07) is 18.5. The van der Waals surface area contributed by atoms with Gasteiger partial charge in [-0.1, -0.05) is 46.3 Å². The van der Waals surface area contributed by atoms with Crippen molar-refractivity contribution in [1.82, 2.24) is 15.3 Å². The van der Waals surface area contributed by atoms with Crippen molar-refractivity contribution < 1.29 is 13.9 Å². The standard InChI is InChI=1S/C25H25BrFN3O2/c1-31-23-13-18(19(26)14-24(23)32-16-17-7-2-3-8-20(17)27)15-28-12-6-11-25-29-21-9-4-5-10-22(21)30-25/h2-5,7-10,13-14,28H,6,11-12,15-16H2,1H3,(H,29,30). The second-order valence-corrected chi connectivity index (χ2v) is 8.31. The van der Waals surface area contributed by atoms with Crippen molar-refractivity contribution in [2.24, 2.45) is 0 Å². The minimum Gasteiger partial charge on any atom is -0.493 e. The number of H-pyrrole nitrogens is 1. The topological polar surface area (TPSA) is 59.2 Å². The van der Waals surface area contributed by atoms with E-state index in [4.69, 9.17) is 9.47 Å². The first-order valence-electron chi connectivity index (χ1n) is 10.5. The van der Waals surface area contributed by atoms with E-state index in [1.54, 1.807) is 25.3 Å². The molecule has 0 unspecified atom stereocenters. The average Bonchev–Trinajstić information content (AvgIpc) is 3.22. The smallest absolute Gasteiger partial charge is 0.162 e. The molecule has 2 N–H and O–H groups in total. The van der Waals surface area contributed by atoms with Gasteiger partial charge in [0.2, 0.25) is 0 Å². The van der Waals surface area contributed by atoms with Gasteiger partial charge in [-0.15, -0.1) is 0 Å². The molecule has 0 saturated carbocycles. The molecule has 0 bridgehead atoms. The number of benzene rings is 3. The third-order valence-electron chi connectivity index (χ3n) is 5.19. The zero-order valence-corrected chi connectivity index (χ0v) is 19.4. The molecule has 0 aliphatic heterocycles. The van der Waals surface area contributed by atoms with Gasteiger partial charge in [0.05, 0.1) is 18.1 Å². The number of nitrogens with one attached hydrogen (secondary N) is 2. The van der Waals surface area contributed by atoms with E-state index in [9.17, 15) is 4.39 Å². The summed E-state index contributed by atoms with van der Waals surface area (Å²) in [6.07, 6.45) is 1.85. The molecular weight excluding hydrogens is 473 g/mol. The molecule has 4 aromatic rings. The first-order valence-corrected chi connectivity index (χ1v) is 11.3. The second-order valence-electron chi connectivity index (χ2n) is 7.46. The lowest BCUT2D eigenvalue weighted by Gasteiger charge is -2.15. The van der Waals surface area contributed by atoms with Crippen LogP contribution >= 0.6 is 15.9 Å². The Morgan fingerprint density at radius 3 is 2.66 bits per heavy atom. The maximum absolute atomic E-state index is 13.8. The summed E-state index contributed by atoms with van der Waals surface area (Å²) in [4.78, 5) is 7.98. The number of rotatable bonds is 10. The monoisotopic (exact) mass is 497 g/mol. The van der Waals surface area contributed by atoms with Crippen LogP contribution in [-0.4, -0.2) is 23.6 Å². The number of aryl methyl sites for hydroxylation is 1. The third-order valence-corrected chi connectivity index (χ3v) is 5.93. The number of ether oxygens (including phenoxy) is 2. The van der Waals surface area contributed by atoms with E-state index in [0.29, 0.717) is 23.6 Å². The van der Waals surface area contributed by atoms with Crippen LogP contribution in [0.1, 0.15) is 23.4 Å². The van der Waals surface area contributed by atoms with Crippen molar-refractivity contribution in [1.29, 1.82) is 0 Å². The molecule has 0 aliphatic carbocycles. The molecule has 0 atom stereocenters. The van der Waals surface area contributed by atoms with Gasteiger partial charge in [-0.25, -0.2) is 9.37 Å². The normalized spacial score (nSPS) is 11.1. The highest BCUT2D eigenvalue weighted by molar-refractivity contribution is 9.10. The lowest BCUT2D eigenvalue weighted by molar-refractivity contribution is 0.279. The van der Waals surface area contributed by atoms with Gasteiger partial charge in [0, 0.05) is 23.0 Å². The number of aromatic amines is 1. The Balaban J connectivity index is 1.30. The van der Waals surface area contributed by atoms with Gasteiger partial charge in [0.15, 0.2) is 11.5 Å². The average molecular weight is 498 g/mol. The van der Waals surface area contributed by atoms with Crippen LogP contribution in [0.4, 0.5) is 4.39 Å². The highest BCUT2D eigenvalue weighted by Gasteiger charge is 2.12. The molecule has 166 valence electrons. The number of para-hydroxylation sites is 2. The van der Waals surface area contributed by atoms with Crippen LogP contribution in [0.3, 0.4) is 0 Å². The Kier molecular flexibility index (Phi) is 7.39. The van der Waals surface area contributed by atoms with E-state index >= 15 is 0 Å². The molecule has 4 rings (SSSR count). The number of hydrogen-bond donors (Lipinski definition) is 2. The first-order chi connectivity index (χ1) is 15.6. The Morgan fingerprint density at radius 1 is 1.03 bits per heavy atom. The summed E-state index contributed by atoms with van der Waals surface area (Å²) in [5.41, 5.74) is 3.64. The molecule has 5 nitrogen and oxygen atoms in total. The van der Waals surface area contributed by atoms with Crippen molar-refractivity contribution in [3.8, 4) is 11.5 Å². The van der Waals surface area contributed by atoms with Gasteiger partial charge >= 0.3 is 0 Å². The summed E-state index contributed by atoms with van der Waals surface area (Å²) < 4.78 is 26.1. The highest BCUT2D eigenvalue weighted by atomic mass is 79.9. The Bertz CT molecular complexity index is 1160. The zero-order chi connectivity index (χ0) is 22.3. The summed E-state index contributed by atoms with van der Waals surface area (Å²) >= 11 is 3.61. The molecule has 0 saturated heterocycles. The number of aromatic nitrogens is 2. The zero-order valence-electron chi connectivity index (χ0n) is 17.8. The predicted octanol–water partition coefficient (Wildman–Crippen LogP) is 5.77. The van der Waals surface area contributed by atoms with Crippen LogP contribution < -0.4 is 14.8 Å². The lowest BCUT2D eigenvalue weighted by atomic mass is 10.2. The van der Waals surface area contributed by atoms with Crippen LogP contribution in [0.5, 0.6) is 11.5 Å². The van der Waals surface area contributed by atoms with Gasteiger partial charge in [0.1, 0.15) is 18.2 Å². The van der Waals surface area contributed by atoms with E-state index < -0.39 is 0 Å². The molecule has 0 fully saturated rings. The third kappa shape index (κ3) is 5.47. The summed E-state index contributed by atoms with van der Waals surface area (Å²) in [7, 11) is 1.60. The molecule has 0 amide bonds. The van der Waals surface area contributed by atoms with Crippen molar-refractivity contribution in [2.45, 2.75) is 26.0 Å². The minimum absolute atomic E-state index is 0.134. The van der Waals surface area contributed by atoms with Crippen molar-refractivity contribution in [2.75, 3.05) is 13.7 Å². The molecule has 3 aromatic carbocycles. The number of nitrogens with zero attached hydrogens (tertiary/aromatic N) is 1. The van der Waals surface area contributed by atoms with Gasteiger partial charge in [-0.05, 0) is 48.9 Å². The summed E-state index contributed by atoms with van der Waals surface area (Å²) in [6.45, 7) is 1.68. The van der Waals surface area contributed by atoms with Crippen LogP contribution in [0, 0.1) is 5.82 Å². The Hall–Kier alpha value is -2.90. The number of halogens is 2. The number of hydrogen-bond acceptors (Lipinski definition) is 4. The van der Waals surface area contributed by atoms with Crippen molar-refractivity contribution in [3.05, 3.63) is 87.9 Å². The fourth-order valence-corrected chi connectivity index (χ4v) is 3.95. The van der Waals surface area contributed by atoms with E-state index in [0.717, 1.165) is 46.3 Å². The maximum atomic E-state index is 13.8. The largest absolute Gasteiger partial charge is 0.493 e. The van der Waals surface area contributed by atoms with E-state index in [2.05, 4.69) is 31.2 Å². The molecular formula is C25H25BrFN3O2. The van der Waals surface area contributed by atoms with Crippen LogP contribution in [0.15, 0.2) is 65.1 Å². The fourth-order valence-electron chi connectivity index (χ4n) is 3.48. The van der Waals surface area contributed by atoms with Crippen LogP contribution in [-0.2, 0) is 19.6 Å². The van der Waals surface area contributed by atoms with Gasteiger partial charge in [-0.3, -0.25) is 0 Å². The van der Waals surface area contributed by atoms with E-state index in [1.165, 1.54) is 6.07 Å². The van der Waals surface area contributed by atoms with Crippen LogP contribution in [0.25, 0.3) is 11.0 Å². The quantitative estimate of drug-likeness (QED) is 0.273. The number of fused-ring (bicyclic) bond motifs is 1. The fraction of sp³-hybridized carbons (Fsp3) is 0.240. The first kappa shape index (κ1) is 22.3. The molecule has 1 aromatic heterocycles. The summed E-state index contributed by atoms with van der Waals surface area (Å²) in [5.74, 6) is 1.90. The van der Waals surface area contributed by atoms with Crippen LogP contribution in [0.2, 0.25) is 0 Å². The summed E-state index contributed by atoms with van der Waals surface area (Å²) in [5, 5.41) is 3.46. The maximum Gasteiger partial charge on any atom is 0.162 e. The van der Waals surface area contributed by atoms with E-state index in [-0.39, 0.29) is 12.4 Å². The highest BCUT2D eigenvalue weighted by Crippen LogP contribution is 2.34. The van der Waals surface area contributed by atoms with E-state index in [1.807, 2.05) is 36.4 Å². The molecule has 7 heteroatoms. The molecule has 0 radical (unpaired) electrons.